The van der Waals surface area contributed by atoms with E-state index in [0.717, 1.165) is 5.56 Å². The van der Waals surface area contributed by atoms with Gasteiger partial charge < -0.3 is 15.4 Å². The first-order valence-corrected chi connectivity index (χ1v) is 12.8. The van der Waals surface area contributed by atoms with E-state index >= 15 is 0 Å². The van der Waals surface area contributed by atoms with Gasteiger partial charge in [0.15, 0.2) is 0 Å². The Kier molecular flexibility index (Phi) is 6.90. The lowest BCUT2D eigenvalue weighted by Crippen LogP contribution is -2.38. The van der Waals surface area contributed by atoms with E-state index in [-0.39, 0.29) is 5.69 Å². The van der Waals surface area contributed by atoms with Crippen molar-refractivity contribution in [1.82, 2.24) is 5.32 Å². The molecular formula is C23H27F3N2O3S. The molecule has 0 radical (unpaired) electrons. The SMILES string of the molecule is COCc1ccc([C@@H](NC(=O)C2CC2(F)F)C(=O)Nc2ccc(S(C)(C)C)c(F)c2)cc1. The number of benzene rings is 2. The molecule has 2 amide bonds. The summed E-state index contributed by atoms with van der Waals surface area (Å²) in [6.07, 6.45) is 5.32. The fourth-order valence-electron chi connectivity index (χ4n) is 3.30. The van der Waals surface area contributed by atoms with Crippen LogP contribution in [0.1, 0.15) is 23.6 Å². The lowest BCUT2D eigenvalue weighted by molar-refractivity contribution is -0.129. The van der Waals surface area contributed by atoms with Crippen molar-refractivity contribution in [2.45, 2.75) is 29.9 Å². The van der Waals surface area contributed by atoms with Gasteiger partial charge in [0.25, 0.3) is 11.8 Å². The van der Waals surface area contributed by atoms with Crippen molar-refractivity contribution >= 4 is 27.5 Å². The highest BCUT2D eigenvalue weighted by molar-refractivity contribution is 8.32. The maximum absolute atomic E-state index is 14.6. The van der Waals surface area contributed by atoms with Crippen LogP contribution < -0.4 is 10.6 Å². The van der Waals surface area contributed by atoms with Crippen molar-refractivity contribution in [1.29, 1.82) is 0 Å². The van der Waals surface area contributed by atoms with Crippen molar-refractivity contribution in [3.05, 3.63) is 59.4 Å². The maximum atomic E-state index is 14.6. The Bertz CT molecular complexity index is 1010. The maximum Gasteiger partial charge on any atom is 0.260 e. The number of ether oxygens (including phenoxy) is 1. The summed E-state index contributed by atoms with van der Waals surface area (Å²) in [7, 11) is 0.245. The van der Waals surface area contributed by atoms with E-state index in [0.29, 0.717) is 17.1 Å². The van der Waals surface area contributed by atoms with Crippen LogP contribution in [0.5, 0.6) is 0 Å². The van der Waals surface area contributed by atoms with Gasteiger partial charge in [0.1, 0.15) is 17.8 Å². The third-order valence-electron chi connectivity index (χ3n) is 5.17. The van der Waals surface area contributed by atoms with Crippen molar-refractivity contribution in [2.75, 3.05) is 31.2 Å². The molecule has 0 heterocycles. The number of rotatable bonds is 8. The summed E-state index contributed by atoms with van der Waals surface area (Å²) in [5, 5.41) is 5.01. The van der Waals surface area contributed by atoms with Gasteiger partial charge in [-0.05, 0) is 48.1 Å². The zero-order valence-electron chi connectivity index (χ0n) is 18.4. The summed E-state index contributed by atoms with van der Waals surface area (Å²) in [6.45, 7) is 0.360. The standard InChI is InChI=1S/C23H27F3N2O3S/c1-31-13-14-5-7-15(8-6-14)20(28-21(29)17-12-23(17,25)26)22(30)27-16-9-10-19(18(24)11-16)32(2,3)4/h5-11,17,20H,12-13H2,1-4H3,(H,27,30)(H,28,29)/t17?,20-/m1/s1. The largest absolute Gasteiger partial charge is 0.380 e. The predicted octanol–water partition coefficient (Wildman–Crippen LogP) is 4.48. The second kappa shape index (κ2) is 9.15. The summed E-state index contributed by atoms with van der Waals surface area (Å²) < 4.78 is 46.3. The van der Waals surface area contributed by atoms with Gasteiger partial charge in [-0.2, -0.15) is 0 Å². The first kappa shape index (κ1) is 24.1. The molecule has 3 rings (SSSR count). The first-order chi connectivity index (χ1) is 14.9. The fourth-order valence-corrected chi connectivity index (χ4v) is 4.42. The lowest BCUT2D eigenvalue weighted by atomic mass is 10.0. The number of hydrogen-bond acceptors (Lipinski definition) is 3. The van der Waals surface area contributed by atoms with Crippen LogP contribution in [0, 0.1) is 11.7 Å². The highest BCUT2D eigenvalue weighted by Crippen LogP contribution is 2.49. The number of halogens is 3. The van der Waals surface area contributed by atoms with Gasteiger partial charge >= 0.3 is 0 Å². The van der Waals surface area contributed by atoms with Gasteiger partial charge in [0, 0.05) is 24.1 Å². The minimum atomic E-state index is -3.05. The van der Waals surface area contributed by atoms with Gasteiger partial charge in [0.2, 0.25) is 5.91 Å². The van der Waals surface area contributed by atoms with Crippen molar-refractivity contribution in [3.63, 3.8) is 0 Å². The second-order valence-corrected chi connectivity index (χ2v) is 12.7. The van der Waals surface area contributed by atoms with Gasteiger partial charge in [0.05, 0.1) is 6.61 Å². The molecule has 0 saturated heterocycles. The Morgan fingerprint density at radius 3 is 2.28 bits per heavy atom. The van der Waals surface area contributed by atoms with Gasteiger partial charge in [-0.25, -0.2) is 23.2 Å². The Labute approximate surface area is 187 Å². The minimum Gasteiger partial charge on any atom is -0.380 e. The van der Waals surface area contributed by atoms with Crippen LogP contribution in [0.3, 0.4) is 0 Å². The molecule has 2 aromatic rings. The van der Waals surface area contributed by atoms with Gasteiger partial charge in [-0.15, -0.1) is 0 Å². The average Bonchev–Trinajstić information content (AvgIpc) is 3.34. The molecule has 5 nitrogen and oxygen atoms in total. The molecule has 2 N–H and O–H groups in total. The molecule has 1 aliphatic rings. The highest BCUT2D eigenvalue weighted by atomic mass is 32.3. The number of carbonyl (C=O) groups is 2. The van der Waals surface area contributed by atoms with E-state index in [1.807, 2.05) is 18.8 Å². The average molecular weight is 469 g/mol. The van der Waals surface area contributed by atoms with Crippen LogP contribution in [-0.4, -0.2) is 43.6 Å². The Balaban J connectivity index is 1.82. The van der Waals surface area contributed by atoms with Crippen LogP contribution in [0.2, 0.25) is 0 Å². The van der Waals surface area contributed by atoms with Crippen molar-refractivity contribution in [2.24, 2.45) is 5.92 Å². The number of alkyl halides is 2. The van der Waals surface area contributed by atoms with Crippen LogP contribution in [0.15, 0.2) is 47.4 Å². The normalized spacial score (nSPS) is 18.5. The number of carbonyl (C=O) groups excluding carboxylic acids is 2. The highest BCUT2D eigenvalue weighted by Gasteiger charge is 2.61. The molecular weight excluding hydrogens is 441 g/mol. The predicted molar refractivity (Wildman–Crippen MR) is 120 cm³/mol. The third-order valence-corrected chi connectivity index (χ3v) is 6.83. The Morgan fingerprint density at radius 2 is 1.78 bits per heavy atom. The van der Waals surface area contributed by atoms with Crippen LogP contribution in [0.25, 0.3) is 0 Å². The molecule has 32 heavy (non-hydrogen) atoms. The molecule has 1 saturated carbocycles. The van der Waals surface area contributed by atoms with Crippen LogP contribution in [-0.2, 0) is 20.9 Å². The summed E-state index contributed by atoms with van der Waals surface area (Å²) in [5.41, 5.74) is 1.47. The van der Waals surface area contributed by atoms with Gasteiger partial charge in [-0.3, -0.25) is 9.59 Å². The molecule has 9 heteroatoms. The minimum absolute atomic E-state index is 0.215. The molecule has 2 aromatic carbocycles. The van der Waals surface area contributed by atoms with Crippen molar-refractivity contribution in [3.8, 4) is 0 Å². The van der Waals surface area contributed by atoms with E-state index in [4.69, 9.17) is 4.74 Å². The first-order valence-electron chi connectivity index (χ1n) is 9.97. The molecule has 174 valence electrons. The van der Waals surface area contributed by atoms with E-state index in [1.165, 1.54) is 6.07 Å². The molecule has 1 unspecified atom stereocenters. The smallest absolute Gasteiger partial charge is 0.260 e. The Morgan fingerprint density at radius 1 is 1.16 bits per heavy atom. The number of amides is 2. The molecule has 0 aliphatic heterocycles. The summed E-state index contributed by atoms with van der Waals surface area (Å²) in [5.74, 6) is -6.49. The summed E-state index contributed by atoms with van der Waals surface area (Å²) in [4.78, 5) is 25.9. The molecule has 0 bridgehead atoms. The van der Waals surface area contributed by atoms with E-state index in [9.17, 15) is 22.8 Å². The Hall–Kier alpha value is -2.52. The fraction of sp³-hybridized carbons (Fsp3) is 0.391. The zero-order valence-corrected chi connectivity index (χ0v) is 19.2. The number of nitrogens with one attached hydrogen (secondary N) is 2. The second-order valence-electron chi connectivity index (χ2n) is 8.61. The topological polar surface area (TPSA) is 67.4 Å². The third kappa shape index (κ3) is 5.63. The number of anilines is 1. The van der Waals surface area contributed by atoms with E-state index < -0.39 is 52.0 Å². The lowest BCUT2D eigenvalue weighted by Gasteiger charge is -2.26. The molecule has 2 atom stereocenters. The monoisotopic (exact) mass is 468 g/mol. The molecule has 1 aliphatic carbocycles. The van der Waals surface area contributed by atoms with Crippen molar-refractivity contribution < 1.29 is 27.5 Å². The summed E-state index contributed by atoms with van der Waals surface area (Å²) >= 11 is 0. The molecule has 1 fully saturated rings. The number of hydrogen-bond donors (Lipinski definition) is 2. The molecule has 0 spiro atoms. The molecule has 0 aromatic heterocycles. The van der Waals surface area contributed by atoms with E-state index in [2.05, 4.69) is 10.6 Å². The van der Waals surface area contributed by atoms with E-state index in [1.54, 1.807) is 43.5 Å². The summed E-state index contributed by atoms with van der Waals surface area (Å²) in [6, 6.07) is 9.90. The van der Waals surface area contributed by atoms with Crippen LogP contribution in [0.4, 0.5) is 18.9 Å². The van der Waals surface area contributed by atoms with Gasteiger partial charge in [-0.1, -0.05) is 24.3 Å². The zero-order chi connectivity index (χ0) is 23.7. The quantitative estimate of drug-likeness (QED) is 0.601. The van der Waals surface area contributed by atoms with Crippen LogP contribution >= 0.6 is 10.0 Å². The number of methoxy groups -OCH3 is 1.